The van der Waals surface area contributed by atoms with Gasteiger partial charge in [0, 0.05) is 13.1 Å². The summed E-state index contributed by atoms with van der Waals surface area (Å²) in [6, 6.07) is 13.5. The number of para-hydroxylation sites is 1. The number of hydrogen-bond donors (Lipinski definition) is 1. The van der Waals surface area contributed by atoms with Crippen LogP contribution in [0.2, 0.25) is 0 Å². The first kappa shape index (κ1) is 28.2. The number of nitrogens with zero attached hydrogens (tertiary/aromatic N) is 2. The summed E-state index contributed by atoms with van der Waals surface area (Å²) < 4.78 is 31.8. The quantitative estimate of drug-likeness (QED) is 0.422. The molecule has 1 unspecified atom stereocenters. The van der Waals surface area contributed by atoms with Crippen molar-refractivity contribution in [2.45, 2.75) is 52.6 Å². The van der Waals surface area contributed by atoms with Gasteiger partial charge in [-0.1, -0.05) is 50.6 Å². The Bertz CT molecular complexity index is 1100. The number of hydrogen-bond acceptors (Lipinski definition) is 5. The molecule has 9 heteroatoms. The third kappa shape index (κ3) is 7.99. The van der Waals surface area contributed by atoms with Gasteiger partial charge in [0.2, 0.25) is 21.8 Å². The summed E-state index contributed by atoms with van der Waals surface area (Å²) in [5, 5.41) is 2.91. The van der Waals surface area contributed by atoms with Gasteiger partial charge < -0.3 is 15.0 Å². The number of benzene rings is 2. The maximum Gasteiger partial charge on any atom is 0.244 e. The smallest absolute Gasteiger partial charge is 0.244 e. The van der Waals surface area contributed by atoms with E-state index < -0.39 is 28.5 Å². The van der Waals surface area contributed by atoms with Crippen LogP contribution in [0, 0.1) is 6.92 Å². The molecule has 0 heterocycles. The van der Waals surface area contributed by atoms with E-state index in [0.29, 0.717) is 24.4 Å². The van der Waals surface area contributed by atoms with Crippen LogP contribution in [0.1, 0.15) is 44.2 Å². The minimum absolute atomic E-state index is 0.140. The van der Waals surface area contributed by atoms with Crippen LogP contribution in [0.4, 0.5) is 5.69 Å². The van der Waals surface area contributed by atoms with E-state index in [-0.39, 0.29) is 12.5 Å². The van der Waals surface area contributed by atoms with Crippen molar-refractivity contribution in [2.75, 3.05) is 30.8 Å². The number of ether oxygens (including phenoxy) is 1. The molecule has 0 aliphatic carbocycles. The summed E-state index contributed by atoms with van der Waals surface area (Å²) in [6.45, 7) is 5.92. The first-order chi connectivity index (χ1) is 16.6. The molecule has 0 fully saturated rings. The van der Waals surface area contributed by atoms with Crippen LogP contribution in [0.15, 0.2) is 48.5 Å². The molecule has 35 heavy (non-hydrogen) atoms. The van der Waals surface area contributed by atoms with Crippen LogP contribution in [0.3, 0.4) is 0 Å². The van der Waals surface area contributed by atoms with Crippen molar-refractivity contribution in [2.24, 2.45) is 0 Å². The van der Waals surface area contributed by atoms with E-state index in [9.17, 15) is 18.0 Å². The van der Waals surface area contributed by atoms with Crippen molar-refractivity contribution in [1.29, 1.82) is 0 Å². The van der Waals surface area contributed by atoms with Crippen molar-refractivity contribution >= 4 is 27.5 Å². The summed E-state index contributed by atoms with van der Waals surface area (Å²) in [7, 11) is -2.20. The van der Waals surface area contributed by atoms with Crippen LogP contribution in [-0.4, -0.2) is 57.6 Å². The predicted molar refractivity (Wildman–Crippen MR) is 139 cm³/mol. The molecule has 192 valence electrons. The van der Waals surface area contributed by atoms with Gasteiger partial charge in [-0.3, -0.25) is 13.9 Å². The van der Waals surface area contributed by atoms with Crippen LogP contribution in [-0.2, 0) is 26.2 Å². The van der Waals surface area contributed by atoms with Gasteiger partial charge in [-0.15, -0.1) is 0 Å². The number of nitrogens with one attached hydrogen (secondary N) is 1. The van der Waals surface area contributed by atoms with Crippen molar-refractivity contribution in [1.82, 2.24) is 10.2 Å². The van der Waals surface area contributed by atoms with E-state index in [0.717, 1.165) is 34.5 Å². The second-order valence-electron chi connectivity index (χ2n) is 8.50. The van der Waals surface area contributed by atoms with Crippen molar-refractivity contribution in [3.63, 3.8) is 0 Å². The molecular weight excluding hydrogens is 466 g/mol. The molecule has 1 N–H and O–H groups in total. The SMILES string of the molecule is CCCCNC(=O)C(CC)N(Cc1cccc(OC)c1)C(=O)CN(c1ccccc1C)S(C)(=O)=O. The van der Waals surface area contributed by atoms with E-state index in [1.807, 2.05) is 32.0 Å². The average molecular weight is 504 g/mol. The fourth-order valence-corrected chi connectivity index (χ4v) is 4.74. The molecule has 2 amide bonds. The number of anilines is 1. The van der Waals surface area contributed by atoms with Gasteiger partial charge in [-0.05, 0) is 49.1 Å². The molecule has 2 aromatic rings. The summed E-state index contributed by atoms with van der Waals surface area (Å²) in [6.07, 6.45) is 3.23. The second kappa shape index (κ2) is 13.1. The van der Waals surface area contributed by atoms with Gasteiger partial charge in [-0.2, -0.15) is 0 Å². The Hall–Kier alpha value is -3.07. The Morgan fingerprint density at radius 3 is 2.40 bits per heavy atom. The van der Waals surface area contributed by atoms with Crippen molar-refractivity contribution < 1.29 is 22.7 Å². The van der Waals surface area contributed by atoms with E-state index in [1.54, 1.807) is 44.4 Å². The molecule has 2 aromatic carbocycles. The third-order valence-corrected chi connectivity index (χ3v) is 6.89. The van der Waals surface area contributed by atoms with Gasteiger partial charge in [0.05, 0.1) is 19.1 Å². The normalized spacial score (nSPS) is 12.0. The first-order valence-electron chi connectivity index (χ1n) is 11.9. The molecule has 0 aliphatic heterocycles. The van der Waals surface area contributed by atoms with E-state index in [1.165, 1.54) is 4.90 Å². The molecule has 0 bridgehead atoms. The minimum atomic E-state index is -3.76. The molecule has 1 atom stereocenters. The first-order valence-corrected chi connectivity index (χ1v) is 13.7. The molecule has 0 radical (unpaired) electrons. The fourth-order valence-electron chi connectivity index (χ4n) is 3.83. The van der Waals surface area contributed by atoms with Gasteiger partial charge in [0.15, 0.2) is 0 Å². The fraction of sp³-hybridized carbons (Fsp3) is 0.462. The van der Waals surface area contributed by atoms with Crippen LogP contribution >= 0.6 is 0 Å². The number of rotatable bonds is 13. The molecular formula is C26H37N3O5S. The molecule has 0 saturated carbocycles. The summed E-state index contributed by atoms with van der Waals surface area (Å²) in [4.78, 5) is 28.2. The number of amides is 2. The lowest BCUT2D eigenvalue weighted by Crippen LogP contribution is -2.52. The standard InChI is InChI=1S/C26H37N3O5S/c1-6-8-16-27-26(31)23(7-2)28(18-21-13-11-14-22(17-21)34-4)25(30)19-29(35(5,32)33)24-15-10-9-12-20(24)3/h9-15,17,23H,6-8,16,18-19H2,1-5H3,(H,27,31). The van der Waals surface area contributed by atoms with E-state index in [2.05, 4.69) is 5.32 Å². The lowest BCUT2D eigenvalue weighted by molar-refractivity contribution is -0.140. The Morgan fingerprint density at radius 2 is 1.80 bits per heavy atom. The Labute approximate surface area is 209 Å². The molecule has 0 aromatic heterocycles. The van der Waals surface area contributed by atoms with Crippen LogP contribution in [0.25, 0.3) is 0 Å². The number of sulfonamides is 1. The highest BCUT2D eigenvalue weighted by molar-refractivity contribution is 7.92. The number of carbonyl (C=O) groups excluding carboxylic acids is 2. The molecule has 0 aliphatic rings. The number of methoxy groups -OCH3 is 1. The lowest BCUT2D eigenvalue weighted by atomic mass is 10.1. The third-order valence-electron chi connectivity index (χ3n) is 5.77. The number of carbonyl (C=O) groups is 2. The average Bonchev–Trinajstić information content (AvgIpc) is 2.82. The topological polar surface area (TPSA) is 96.0 Å². The van der Waals surface area contributed by atoms with Gasteiger partial charge in [0.1, 0.15) is 18.3 Å². The zero-order valence-electron chi connectivity index (χ0n) is 21.3. The van der Waals surface area contributed by atoms with Gasteiger partial charge in [-0.25, -0.2) is 8.42 Å². The van der Waals surface area contributed by atoms with E-state index in [4.69, 9.17) is 4.74 Å². The maximum atomic E-state index is 13.7. The minimum Gasteiger partial charge on any atom is -0.497 e. The zero-order chi connectivity index (χ0) is 26.0. The highest BCUT2D eigenvalue weighted by atomic mass is 32.2. The maximum absolute atomic E-state index is 13.7. The Kier molecular flexibility index (Phi) is 10.6. The van der Waals surface area contributed by atoms with Crippen molar-refractivity contribution in [3.8, 4) is 5.75 Å². The van der Waals surface area contributed by atoms with Crippen molar-refractivity contribution in [3.05, 3.63) is 59.7 Å². The largest absolute Gasteiger partial charge is 0.497 e. The molecule has 0 saturated heterocycles. The second-order valence-corrected chi connectivity index (χ2v) is 10.4. The summed E-state index contributed by atoms with van der Waals surface area (Å²) >= 11 is 0. The van der Waals surface area contributed by atoms with Gasteiger partial charge >= 0.3 is 0 Å². The lowest BCUT2D eigenvalue weighted by Gasteiger charge is -2.33. The molecule has 2 rings (SSSR count). The Balaban J connectivity index is 2.43. The Morgan fingerprint density at radius 1 is 1.09 bits per heavy atom. The highest BCUT2D eigenvalue weighted by Gasteiger charge is 2.32. The van der Waals surface area contributed by atoms with Crippen LogP contribution < -0.4 is 14.4 Å². The summed E-state index contributed by atoms with van der Waals surface area (Å²) in [5.41, 5.74) is 1.94. The van der Waals surface area contributed by atoms with Crippen LogP contribution in [0.5, 0.6) is 5.75 Å². The predicted octanol–water partition coefficient (Wildman–Crippen LogP) is 3.49. The molecule has 8 nitrogen and oxygen atoms in total. The van der Waals surface area contributed by atoms with E-state index >= 15 is 0 Å². The molecule has 0 spiro atoms. The monoisotopic (exact) mass is 503 g/mol. The van der Waals surface area contributed by atoms with Gasteiger partial charge in [0.25, 0.3) is 0 Å². The zero-order valence-corrected chi connectivity index (χ0v) is 22.1. The highest BCUT2D eigenvalue weighted by Crippen LogP contribution is 2.23. The number of unbranched alkanes of at least 4 members (excludes halogenated alkanes) is 1. The number of aryl methyl sites for hydroxylation is 1. The summed E-state index contributed by atoms with van der Waals surface area (Å²) in [5.74, 6) is -0.0778.